The van der Waals surface area contributed by atoms with Gasteiger partial charge in [0, 0.05) is 12.1 Å². The summed E-state index contributed by atoms with van der Waals surface area (Å²) < 4.78 is 1.10. The normalized spacial score (nSPS) is 17.5. The van der Waals surface area contributed by atoms with Crippen LogP contribution in [0.25, 0.3) is 11.4 Å². The number of aromatic nitrogens is 3. The van der Waals surface area contributed by atoms with Gasteiger partial charge in [0.25, 0.3) is 0 Å². The van der Waals surface area contributed by atoms with Crippen LogP contribution in [0.5, 0.6) is 0 Å². The maximum atomic E-state index is 4.41. The Hall–Kier alpha value is -1.07. The van der Waals surface area contributed by atoms with Crippen molar-refractivity contribution in [2.45, 2.75) is 18.8 Å². The molecule has 4 nitrogen and oxygen atoms in total. The number of aromatic amines is 2. The van der Waals surface area contributed by atoms with Gasteiger partial charge >= 0.3 is 0 Å². The molecule has 3 rings (SSSR count). The van der Waals surface area contributed by atoms with Crippen LogP contribution >= 0.6 is 15.9 Å². The third-order valence-corrected chi connectivity index (χ3v) is 4.14. The maximum Gasteiger partial charge on any atom is 0.123 e. The van der Waals surface area contributed by atoms with Crippen LogP contribution in [0.3, 0.4) is 0 Å². The first-order chi connectivity index (χ1) is 8.36. The zero-order valence-corrected chi connectivity index (χ0v) is 11.0. The fourth-order valence-corrected chi connectivity index (χ4v) is 3.09. The molecule has 5 heteroatoms. The summed E-state index contributed by atoms with van der Waals surface area (Å²) in [6.45, 7) is 2.18. The Kier molecular flexibility index (Phi) is 3.03. The zero-order valence-electron chi connectivity index (χ0n) is 9.46. The molecule has 0 saturated carbocycles. The molecule has 1 saturated heterocycles. The Labute approximate surface area is 108 Å². The van der Waals surface area contributed by atoms with Crippen molar-refractivity contribution in [1.29, 1.82) is 0 Å². The molecule has 0 aliphatic carbocycles. The Morgan fingerprint density at radius 2 is 2.12 bits per heavy atom. The van der Waals surface area contributed by atoms with Gasteiger partial charge in [-0.05, 0) is 54.0 Å². The molecular formula is C12H15BrN4. The van der Waals surface area contributed by atoms with E-state index in [-0.39, 0.29) is 0 Å². The van der Waals surface area contributed by atoms with E-state index in [0.29, 0.717) is 5.92 Å². The van der Waals surface area contributed by atoms with E-state index < -0.39 is 0 Å². The maximum absolute atomic E-state index is 4.41. The van der Waals surface area contributed by atoms with Crippen LogP contribution in [0.4, 0.5) is 0 Å². The Bertz CT molecular complexity index is 483. The number of rotatable bonds is 2. The van der Waals surface area contributed by atoms with Crippen LogP contribution < -0.4 is 5.32 Å². The second-order valence-electron chi connectivity index (χ2n) is 4.41. The molecule has 0 amide bonds. The average Bonchev–Trinajstić information content (AvgIpc) is 2.99. The van der Waals surface area contributed by atoms with E-state index in [1.165, 1.54) is 18.5 Å². The van der Waals surface area contributed by atoms with Gasteiger partial charge in [-0.3, -0.25) is 5.10 Å². The summed E-state index contributed by atoms with van der Waals surface area (Å²) in [5.74, 6) is 0.585. The number of nitrogens with one attached hydrogen (secondary N) is 3. The van der Waals surface area contributed by atoms with Crippen LogP contribution in [-0.4, -0.2) is 28.3 Å². The number of halogens is 1. The van der Waals surface area contributed by atoms with Gasteiger partial charge in [-0.15, -0.1) is 0 Å². The molecule has 2 aromatic heterocycles. The predicted molar refractivity (Wildman–Crippen MR) is 70.9 cm³/mol. The van der Waals surface area contributed by atoms with Crippen LogP contribution in [-0.2, 0) is 0 Å². The molecule has 1 fully saturated rings. The van der Waals surface area contributed by atoms with E-state index in [4.69, 9.17) is 0 Å². The summed E-state index contributed by atoms with van der Waals surface area (Å²) in [6.07, 6.45) is 4.26. The van der Waals surface area contributed by atoms with Crippen molar-refractivity contribution in [2.24, 2.45) is 0 Å². The van der Waals surface area contributed by atoms with E-state index >= 15 is 0 Å². The lowest BCUT2D eigenvalue weighted by atomic mass is 9.94. The van der Waals surface area contributed by atoms with Crippen LogP contribution in [0.1, 0.15) is 24.5 Å². The molecule has 0 unspecified atom stereocenters. The molecule has 3 heterocycles. The largest absolute Gasteiger partial charge is 0.360 e. The zero-order chi connectivity index (χ0) is 11.7. The van der Waals surface area contributed by atoms with Gasteiger partial charge in [0.2, 0.25) is 0 Å². The Morgan fingerprint density at radius 3 is 2.82 bits per heavy atom. The minimum atomic E-state index is 0.585. The standard InChI is InChI=1S/C12H15BrN4/c13-10-11(8-3-6-14-7-4-8)16-17-12(10)9-2-1-5-15-9/h1-2,5,8,14-15H,3-4,6-7H2,(H,16,17). The van der Waals surface area contributed by atoms with Crippen LogP contribution in [0.2, 0.25) is 0 Å². The van der Waals surface area contributed by atoms with Crippen molar-refractivity contribution in [1.82, 2.24) is 20.5 Å². The molecule has 0 aromatic carbocycles. The van der Waals surface area contributed by atoms with Crippen molar-refractivity contribution < 1.29 is 0 Å². The van der Waals surface area contributed by atoms with Gasteiger partial charge in [-0.25, -0.2) is 0 Å². The fraction of sp³-hybridized carbons (Fsp3) is 0.417. The first-order valence-corrected chi connectivity index (χ1v) is 6.74. The quantitative estimate of drug-likeness (QED) is 0.797. The topological polar surface area (TPSA) is 56.5 Å². The van der Waals surface area contributed by atoms with Crippen molar-refractivity contribution in [2.75, 3.05) is 13.1 Å². The minimum absolute atomic E-state index is 0.585. The highest BCUT2D eigenvalue weighted by Gasteiger charge is 2.22. The van der Waals surface area contributed by atoms with Crippen molar-refractivity contribution in [3.05, 3.63) is 28.5 Å². The lowest BCUT2D eigenvalue weighted by Crippen LogP contribution is -2.26. The smallest absolute Gasteiger partial charge is 0.123 e. The van der Waals surface area contributed by atoms with Gasteiger partial charge in [0.05, 0.1) is 15.9 Å². The summed E-state index contributed by atoms with van der Waals surface area (Å²) in [5.41, 5.74) is 3.26. The molecule has 2 aromatic rings. The number of H-pyrrole nitrogens is 2. The first kappa shape index (κ1) is 11.0. The third kappa shape index (κ3) is 2.05. The molecular weight excluding hydrogens is 280 g/mol. The molecule has 90 valence electrons. The fourth-order valence-electron chi connectivity index (χ4n) is 2.38. The lowest BCUT2D eigenvalue weighted by Gasteiger charge is -2.21. The third-order valence-electron chi connectivity index (χ3n) is 3.33. The van der Waals surface area contributed by atoms with E-state index in [0.717, 1.165) is 29.0 Å². The van der Waals surface area contributed by atoms with E-state index in [9.17, 15) is 0 Å². The van der Waals surface area contributed by atoms with E-state index in [1.807, 2.05) is 18.3 Å². The Balaban J connectivity index is 1.92. The van der Waals surface area contributed by atoms with Gasteiger partial charge in [0.1, 0.15) is 5.69 Å². The summed E-state index contributed by atoms with van der Waals surface area (Å²) in [6, 6.07) is 4.02. The monoisotopic (exact) mass is 294 g/mol. The SMILES string of the molecule is Brc1c(-c2ccc[nH]2)n[nH]c1C1CCNCC1. The molecule has 0 radical (unpaired) electrons. The molecule has 17 heavy (non-hydrogen) atoms. The molecule has 0 spiro atoms. The number of hydrogen-bond donors (Lipinski definition) is 3. The summed E-state index contributed by atoms with van der Waals surface area (Å²) in [4.78, 5) is 3.19. The second kappa shape index (κ2) is 4.66. The summed E-state index contributed by atoms with van der Waals surface area (Å²) >= 11 is 3.67. The van der Waals surface area contributed by atoms with Crippen molar-refractivity contribution >= 4 is 15.9 Å². The predicted octanol–water partition coefficient (Wildman–Crippen LogP) is 2.63. The van der Waals surface area contributed by atoms with Crippen molar-refractivity contribution in [3.63, 3.8) is 0 Å². The van der Waals surface area contributed by atoms with Crippen molar-refractivity contribution in [3.8, 4) is 11.4 Å². The molecule has 0 bridgehead atoms. The summed E-state index contributed by atoms with van der Waals surface area (Å²) in [5, 5.41) is 11.0. The number of piperidine rings is 1. The average molecular weight is 295 g/mol. The van der Waals surface area contributed by atoms with Gasteiger partial charge in [-0.1, -0.05) is 0 Å². The molecule has 1 aliphatic heterocycles. The van der Waals surface area contributed by atoms with E-state index in [1.54, 1.807) is 0 Å². The van der Waals surface area contributed by atoms with Gasteiger partial charge in [0.15, 0.2) is 0 Å². The lowest BCUT2D eigenvalue weighted by molar-refractivity contribution is 0.452. The highest BCUT2D eigenvalue weighted by molar-refractivity contribution is 9.10. The highest BCUT2D eigenvalue weighted by Crippen LogP contribution is 2.35. The van der Waals surface area contributed by atoms with Gasteiger partial charge in [-0.2, -0.15) is 5.10 Å². The summed E-state index contributed by atoms with van der Waals surface area (Å²) in [7, 11) is 0. The molecule has 3 N–H and O–H groups in total. The van der Waals surface area contributed by atoms with E-state index in [2.05, 4.69) is 36.4 Å². The first-order valence-electron chi connectivity index (χ1n) is 5.94. The Morgan fingerprint density at radius 1 is 1.29 bits per heavy atom. The van der Waals surface area contributed by atoms with Gasteiger partial charge < -0.3 is 10.3 Å². The second-order valence-corrected chi connectivity index (χ2v) is 5.20. The van der Waals surface area contributed by atoms with Crippen LogP contribution in [0, 0.1) is 0 Å². The minimum Gasteiger partial charge on any atom is -0.360 e. The highest BCUT2D eigenvalue weighted by atomic mass is 79.9. The molecule has 0 atom stereocenters. The number of nitrogens with zero attached hydrogens (tertiary/aromatic N) is 1. The number of hydrogen-bond acceptors (Lipinski definition) is 2. The molecule has 1 aliphatic rings. The van der Waals surface area contributed by atoms with Crippen LogP contribution in [0.15, 0.2) is 22.8 Å².